The van der Waals surface area contributed by atoms with Crippen molar-refractivity contribution in [2.45, 2.75) is 5.92 Å². The van der Waals surface area contributed by atoms with E-state index in [1.165, 1.54) is 6.26 Å². The van der Waals surface area contributed by atoms with Crippen molar-refractivity contribution in [1.82, 2.24) is 0 Å². The van der Waals surface area contributed by atoms with E-state index in [1.54, 1.807) is 12.1 Å². The van der Waals surface area contributed by atoms with E-state index in [2.05, 4.69) is 15.9 Å². The van der Waals surface area contributed by atoms with E-state index in [0.717, 1.165) is 4.47 Å². The third-order valence-electron chi connectivity index (χ3n) is 3.28. The Hall–Kier alpha value is -1.82. The molecular weight excluding hydrogens is 316 g/mol. The van der Waals surface area contributed by atoms with E-state index in [4.69, 9.17) is 9.47 Å². The van der Waals surface area contributed by atoms with Crippen LogP contribution in [0.5, 0.6) is 5.75 Å². The summed E-state index contributed by atoms with van der Waals surface area (Å²) in [5, 5.41) is 9.26. The number of rotatable bonds is 1. The van der Waals surface area contributed by atoms with Gasteiger partial charge in [0.1, 0.15) is 12.4 Å². The average molecular weight is 325 g/mol. The van der Waals surface area contributed by atoms with E-state index in [9.17, 15) is 14.7 Å². The van der Waals surface area contributed by atoms with E-state index in [-0.39, 0.29) is 6.61 Å². The van der Waals surface area contributed by atoms with Gasteiger partial charge in [-0.2, -0.15) is 0 Å². The Kier molecular flexibility index (Phi) is 2.82. The lowest BCUT2D eigenvalue weighted by Gasteiger charge is -2.33. The summed E-state index contributed by atoms with van der Waals surface area (Å²) in [6.07, 6.45) is 1.30. The number of carboxylic acid groups (broad SMARTS) is 1. The summed E-state index contributed by atoms with van der Waals surface area (Å²) in [7, 11) is 0. The minimum Gasteiger partial charge on any atom is -0.489 e. The Labute approximate surface area is 116 Å². The highest BCUT2D eigenvalue weighted by Gasteiger charge is 2.45. The first-order valence-electron chi connectivity index (χ1n) is 5.62. The second-order valence-corrected chi connectivity index (χ2v) is 5.31. The predicted molar refractivity (Wildman–Crippen MR) is 67.7 cm³/mol. The van der Waals surface area contributed by atoms with Gasteiger partial charge in [-0.3, -0.25) is 9.59 Å². The lowest BCUT2D eigenvalue weighted by molar-refractivity contribution is -0.157. The van der Waals surface area contributed by atoms with Crippen molar-refractivity contribution in [1.29, 1.82) is 0 Å². The van der Waals surface area contributed by atoms with Crippen molar-refractivity contribution in [3.8, 4) is 5.75 Å². The van der Waals surface area contributed by atoms with Crippen LogP contribution in [0.25, 0.3) is 0 Å². The first kappa shape index (κ1) is 12.2. The minimum atomic E-state index is -1.23. The molecule has 1 aromatic rings. The SMILES string of the molecule is O=C(O)C1C(=O)OC=C2COc3ccc(Br)cc3C21. The highest BCUT2D eigenvalue weighted by molar-refractivity contribution is 9.10. The third-order valence-corrected chi connectivity index (χ3v) is 3.77. The zero-order valence-corrected chi connectivity index (χ0v) is 11.2. The van der Waals surface area contributed by atoms with Crippen LogP contribution in [0.15, 0.2) is 34.5 Å². The number of aliphatic carboxylic acids is 1. The second kappa shape index (κ2) is 4.38. The zero-order valence-electron chi connectivity index (χ0n) is 9.63. The van der Waals surface area contributed by atoms with Gasteiger partial charge in [0.05, 0.1) is 6.26 Å². The molecule has 1 N–H and O–H groups in total. The van der Waals surface area contributed by atoms with Gasteiger partial charge in [-0.25, -0.2) is 0 Å². The fourth-order valence-corrected chi connectivity index (χ4v) is 2.81. The molecule has 5 nitrogen and oxygen atoms in total. The molecule has 0 saturated carbocycles. The minimum absolute atomic E-state index is 0.232. The summed E-state index contributed by atoms with van der Waals surface area (Å²) < 4.78 is 11.1. The van der Waals surface area contributed by atoms with Crippen LogP contribution >= 0.6 is 15.9 Å². The molecule has 0 aromatic heterocycles. The normalized spacial score (nSPS) is 24.5. The lowest BCUT2D eigenvalue weighted by atomic mass is 9.78. The Bertz CT molecular complexity index is 607. The maximum Gasteiger partial charge on any atom is 0.326 e. The number of hydrogen-bond acceptors (Lipinski definition) is 4. The second-order valence-electron chi connectivity index (χ2n) is 4.39. The van der Waals surface area contributed by atoms with Crippen molar-refractivity contribution in [2.24, 2.45) is 5.92 Å². The molecule has 19 heavy (non-hydrogen) atoms. The predicted octanol–water partition coefficient (Wildman–Crippen LogP) is 2.07. The molecule has 0 amide bonds. The van der Waals surface area contributed by atoms with Gasteiger partial charge in [0.15, 0.2) is 5.92 Å². The van der Waals surface area contributed by atoms with Crippen molar-refractivity contribution in [3.05, 3.63) is 40.1 Å². The van der Waals surface area contributed by atoms with Gasteiger partial charge in [0.2, 0.25) is 0 Å². The molecule has 2 heterocycles. The molecule has 2 atom stereocenters. The Morgan fingerprint density at radius 3 is 2.95 bits per heavy atom. The van der Waals surface area contributed by atoms with Gasteiger partial charge in [-0.15, -0.1) is 0 Å². The van der Waals surface area contributed by atoms with Crippen molar-refractivity contribution in [3.63, 3.8) is 0 Å². The number of halogens is 1. The van der Waals surface area contributed by atoms with Gasteiger partial charge in [0, 0.05) is 21.5 Å². The van der Waals surface area contributed by atoms with E-state index in [1.807, 2.05) is 6.07 Å². The average Bonchev–Trinajstić information content (AvgIpc) is 2.38. The van der Waals surface area contributed by atoms with Crippen LogP contribution in [-0.4, -0.2) is 23.7 Å². The monoisotopic (exact) mass is 324 g/mol. The molecule has 0 saturated heterocycles. The highest BCUT2D eigenvalue weighted by atomic mass is 79.9. The molecule has 0 bridgehead atoms. The molecule has 2 aliphatic heterocycles. The van der Waals surface area contributed by atoms with Crippen molar-refractivity contribution in [2.75, 3.05) is 6.61 Å². The molecule has 0 fully saturated rings. The number of hydrogen-bond donors (Lipinski definition) is 1. The Morgan fingerprint density at radius 2 is 2.21 bits per heavy atom. The van der Waals surface area contributed by atoms with E-state index >= 15 is 0 Å². The lowest BCUT2D eigenvalue weighted by Crippen LogP contribution is -2.38. The molecule has 0 aliphatic carbocycles. The molecular formula is C13H9BrO5. The largest absolute Gasteiger partial charge is 0.489 e. The number of esters is 1. The maximum atomic E-state index is 11.7. The molecule has 2 aliphatic rings. The fraction of sp³-hybridized carbons (Fsp3) is 0.231. The molecule has 2 unspecified atom stereocenters. The van der Waals surface area contributed by atoms with Crippen LogP contribution in [0.1, 0.15) is 11.5 Å². The van der Waals surface area contributed by atoms with Gasteiger partial charge in [-0.05, 0) is 18.2 Å². The number of carbonyl (C=O) groups excluding carboxylic acids is 1. The number of benzene rings is 1. The Balaban J connectivity index is 2.17. The maximum absolute atomic E-state index is 11.7. The summed E-state index contributed by atoms with van der Waals surface area (Å²) in [6, 6.07) is 5.35. The number of ether oxygens (including phenoxy) is 2. The van der Waals surface area contributed by atoms with Gasteiger partial charge < -0.3 is 14.6 Å². The molecule has 3 rings (SSSR count). The summed E-state index contributed by atoms with van der Waals surface area (Å²) in [6.45, 7) is 0.232. The number of cyclic esters (lactones) is 1. The molecule has 98 valence electrons. The number of fused-ring (bicyclic) bond motifs is 3. The molecule has 6 heteroatoms. The number of carboxylic acids is 1. The van der Waals surface area contributed by atoms with Crippen LogP contribution in [0.3, 0.4) is 0 Å². The number of carbonyl (C=O) groups is 2. The topological polar surface area (TPSA) is 72.8 Å². The first-order valence-corrected chi connectivity index (χ1v) is 6.41. The first-order chi connectivity index (χ1) is 9.08. The van der Waals surface area contributed by atoms with Gasteiger partial charge >= 0.3 is 11.9 Å². The smallest absolute Gasteiger partial charge is 0.326 e. The van der Waals surface area contributed by atoms with Crippen LogP contribution < -0.4 is 4.74 Å². The molecule has 1 aromatic carbocycles. The van der Waals surface area contributed by atoms with E-state index < -0.39 is 23.8 Å². The summed E-state index contributed by atoms with van der Waals surface area (Å²) in [5.41, 5.74) is 1.36. The zero-order chi connectivity index (χ0) is 13.6. The summed E-state index contributed by atoms with van der Waals surface area (Å²) in [5.74, 6) is -3.08. The van der Waals surface area contributed by atoms with Crippen LogP contribution in [-0.2, 0) is 14.3 Å². The van der Waals surface area contributed by atoms with Crippen LogP contribution in [0.4, 0.5) is 0 Å². The quantitative estimate of drug-likeness (QED) is 0.632. The van der Waals surface area contributed by atoms with E-state index in [0.29, 0.717) is 16.9 Å². The summed E-state index contributed by atoms with van der Waals surface area (Å²) >= 11 is 3.34. The molecule has 0 radical (unpaired) electrons. The van der Waals surface area contributed by atoms with Crippen LogP contribution in [0, 0.1) is 5.92 Å². The van der Waals surface area contributed by atoms with Crippen molar-refractivity contribution >= 4 is 27.9 Å². The molecule has 0 spiro atoms. The van der Waals surface area contributed by atoms with Crippen molar-refractivity contribution < 1.29 is 24.2 Å². The Morgan fingerprint density at radius 1 is 1.42 bits per heavy atom. The standard InChI is InChI=1S/C13H9BrO5/c14-7-1-2-9-8(3-7)10-6(4-18-9)5-19-13(17)11(10)12(15)16/h1-3,5,10-11H,4H2,(H,15,16). The third kappa shape index (κ3) is 1.92. The van der Waals surface area contributed by atoms with Gasteiger partial charge in [0.25, 0.3) is 0 Å². The summed E-state index contributed by atoms with van der Waals surface area (Å²) in [4.78, 5) is 23.0. The van der Waals surface area contributed by atoms with Crippen LogP contribution in [0.2, 0.25) is 0 Å². The fourth-order valence-electron chi connectivity index (χ4n) is 2.43. The highest BCUT2D eigenvalue weighted by Crippen LogP contribution is 2.44. The van der Waals surface area contributed by atoms with Gasteiger partial charge in [-0.1, -0.05) is 15.9 Å².